The summed E-state index contributed by atoms with van der Waals surface area (Å²) in [6.45, 7) is 6.19. The maximum absolute atomic E-state index is 6.05. The van der Waals surface area contributed by atoms with Crippen molar-refractivity contribution in [1.29, 1.82) is 0 Å². The van der Waals surface area contributed by atoms with E-state index in [0.717, 1.165) is 24.1 Å². The van der Waals surface area contributed by atoms with Crippen LogP contribution in [0.15, 0.2) is 30.3 Å². The van der Waals surface area contributed by atoms with Crippen LogP contribution in [-0.2, 0) is 6.42 Å². The van der Waals surface area contributed by atoms with Crippen molar-refractivity contribution in [2.45, 2.75) is 39.2 Å². The lowest BCUT2D eigenvalue weighted by atomic mass is 9.94. The van der Waals surface area contributed by atoms with Crippen LogP contribution in [0.5, 0.6) is 0 Å². The molecular weight excluding hydrogens is 208 g/mol. The highest BCUT2D eigenvalue weighted by Crippen LogP contribution is 2.21. The van der Waals surface area contributed by atoms with Crippen LogP contribution in [0.2, 0.25) is 0 Å². The number of fused-ring (bicyclic) bond motifs is 1. The number of rotatable bonds is 3. The third-order valence-electron chi connectivity index (χ3n) is 2.97. The second-order valence-corrected chi connectivity index (χ2v) is 5.43. The summed E-state index contributed by atoms with van der Waals surface area (Å²) in [5, 5.41) is 1.25. The number of hydrogen-bond donors (Lipinski definition) is 1. The minimum absolute atomic E-state index is 0.113. The molecule has 0 fully saturated rings. The Bertz CT molecular complexity index is 524. The zero-order valence-corrected chi connectivity index (χ0v) is 10.8. The van der Waals surface area contributed by atoms with Gasteiger partial charge in [-0.2, -0.15) is 0 Å². The van der Waals surface area contributed by atoms with E-state index < -0.39 is 0 Å². The predicted octanol–water partition coefficient (Wildman–Crippen LogP) is 3.21. The maximum Gasteiger partial charge on any atom is 0.0707 e. The van der Waals surface area contributed by atoms with Gasteiger partial charge in [0, 0.05) is 16.6 Å². The Kier molecular flexibility index (Phi) is 3.16. The first-order chi connectivity index (χ1) is 7.96. The zero-order chi connectivity index (χ0) is 12.5. The van der Waals surface area contributed by atoms with E-state index in [2.05, 4.69) is 43.1 Å². The standard InChI is InChI=1S/C15H20N2/c1-11-10-12(8-9-15(2,3)16)13-6-4-5-7-14(13)17-11/h4-7,10H,8-9,16H2,1-3H3. The molecule has 0 aliphatic rings. The third-order valence-corrected chi connectivity index (χ3v) is 2.97. The Morgan fingerprint density at radius 1 is 1.24 bits per heavy atom. The largest absolute Gasteiger partial charge is 0.326 e. The highest BCUT2D eigenvalue weighted by atomic mass is 14.7. The molecule has 1 aromatic heterocycles. The van der Waals surface area contributed by atoms with Gasteiger partial charge in [0.2, 0.25) is 0 Å². The monoisotopic (exact) mass is 228 g/mol. The van der Waals surface area contributed by atoms with Gasteiger partial charge in [-0.1, -0.05) is 18.2 Å². The first-order valence-electron chi connectivity index (χ1n) is 6.10. The van der Waals surface area contributed by atoms with Crippen molar-refractivity contribution in [2.24, 2.45) is 5.73 Å². The number of nitrogens with zero attached hydrogens (tertiary/aromatic N) is 1. The molecule has 2 heteroatoms. The minimum atomic E-state index is -0.113. The van der Waals surface area contributed by atoms with Crippen LogP contribution in [0.25, 0.3) is 10.9 Å². The van der Waals surface area contributed by atoms with Crippen molar-refractivity contribution in [3.8, 4) is 0 Å². The maximum atomic E-state index is 6.05. The summed E-state index contributed by atoms with van der Waals surface area (Å²) in [5.74, 6) is 0. The molecule has 17 heavy (non-hydrogen) atoms. The number of pyridine rings is 1. The van der Waals surface area contributed by atoms with Gasteiger partial charge in [-0.15, -0.1) is 0 Å². The molecule has 0 saturated carbocycles. The molecule has 2 aromatic rings. The molecule has 2 N–H and O–H groups in total. The lowest BCUT2D eigenvalue weighted by Gasteiger charge is -2.18. The van der Waals surface area contributed by atoms with E-state index >= 15 is 0 Å². The normalized spacial score (nSPS) is 12.0. The molecule has 2 rings (SSSR count). The zero-order valence-electron chi connectivity index (χ0n) is 10.8. The van der Waals surface area contributed by atoms with Crippen molar-refractivity contribution >= 4 is 10.9 Å². The third kappa shape index (κ3) is 3.04. The summed E-state index contributed by atoms with van der Waals surface area (Å²) in [6.07, 6.45) is 1.99. The SMILES string of the molecule is Cc1cc(CCC(C)(C)N)c2ccccc2n1. The smallest absolute Gasteiger partial charge is 0.0707 e. The fourth-order valence-corrected chi connectivity index (χ4v) is 2.06. The summed E-state index contributed by atoms with van der Waals surface area (Å²) in [4.78, 5) is 4.55. The summed E-state index contributed by atoms with van der Waals surface area (Å²) >= 11 is 0. The molecule has 0 spiro atoms. The van der Waals surface area contributed by atoms with Crippen LogP contribution in [0, 0.1) is 6.92 Å². The van der Waals surface area contributed by atoms with E-state index in [1.165, 1.54) is 10.9 Å². The molecule has 90 valence electrons. The fraction of sp³-hybridized carbons (Fsp3) is 0.400. The van der Waals surface area contributed by atoms with Gasteiger partial charge in [0.15, 0.2) is 0 Å². The van der Waals surface area contributed by atoms with Crippen molar-refractivity contribution in [3.63, 3.8) is 0 Å². The number of para-hydroxylation sites is 1. The molecule has 0 unspecified atom stereocenters. The molecule has 0 atom stereocenters. The van der Waals surface area contributed by atoms with E-state index in [9.17, 15) is 0 Å². The van der Waals surface area contributed by atoms with Crippen molar-refractivity contribution < 1.29 is 0 Å². The molecule has 0 aliphatic heterocycles. The average Bonchev–Trinajstić information content (AvgIpc) is 2.24. The summed E-state index contributed by atoms with van der Waals surface area (Å²) in [6, 6.07) is 10.5. The molecule has 0 saturated heterocycles. The summed E-state index contributed by atoms with van der Waals surface area (Å²) in [5.41, 5.74) is 9.45. The van der Waals surface area contributed by atoms with Gasteiger partial charge in [-0.25, -0.2) is 0 Å². The Morgan fingerprint density at radius 3 is 2.65 bits per heavy atom. The number of benzene rings is 1. The number of aryl methyl sites for hydroxylation is 2. The van der Waals surface area contributed by atoms with Gasteiger partial charge in [0.1, 0.15) is 0 Å². The molecule has 1 heterocycles. The molecule has 0 bridgehead atoms. The number of hydrogen-bond acceptors (Lipinski definition) is 2. The van der Waals surface area contributed by atoms with Crippen molar-refractivity contribution in [2.75, 3.05) is 0 Å². The number of nitrogens with two attached hydrogens (primary N) is 1. The van der Waals surface area contributed by atoms with Gasteiger partial charge in [0.25, 0.3) is 0 Å². The van der Waals surface area contributed by atoms with Crippen molar-refractivity contribution in [1.82, 2.24) is 4.98 Å². The van der Waals surface area contributed by atoms with E-state index in [0.29, 0.717) is 0 Å². The lowest BCUT2D eigenvalue weighted by Crippen LogP contribution is -2.32. The first-order valence-corrected chi connectivity index (χ1v) is 6.10. The van der Waals surface area contributed by atoms with E-state index in [1.54, 1.807) is 0 Å². The first kappa shape index (κ1) is 12.1. The Hall–Kier alpha value is -1.41. The Labute approximate surface area is 103 Å². The van der Waals surface area contributed by atoms with E-state index in [-0.39, 0.29) is 5.54 Å². The molecule has 0 aliphatic carbocycles. The second-order valence-electron chi connectivity index (χ2n) is 5.43. The minimum Gasteiger partial charge on any atom is -0.326 e. The van der Waals surface area contributed by atoms with E-state index in [4.69, 9.17) is 5.73 Å². The number of aromatic nitrogens is 1. The van der Waals surface area contributed by atoms with E-state index in [1.807, 2.05) is 13.0 Å². The molecule has 1 aromatic carbocycles. The van der Waals surface area contributed by atoms with Gasteiger partial charge in [-0.05, 0) is 51.3 Å². The average molecular weight is 228 g/mol. The topological polar surface area (TPSA) is 38.9 Å². The fourth-order valence-electron chi connectivity index (χ4n) is 2.06. The molecule has 2 nitrogen and oxygen atoms in total. The van der Waals surface area contributed by atoms with Crippen LogP contribution in [0.1, 0.15) is 31.5 Å². The van der Waals surface area contributed by atoms with Crippen LogP contribution in [0.3, 0.4) is 0 Å². The second kappa shape index (κ2) is 4.46. The predicted molar refractivity (Wildman–Crippen MR) is 73.1 cm³/mol. The highest BCUT2D eigenvalue weighted by molar-refractivity contribution is 5.82. The highest BCUT2D eigenvalue weighted by Gasteiger charge is 2.12. The van der Waals surface area contributed by atoms with Crippen LogP contribution < -0.4 is 5.73 Å². The Balaban J connectivity index is 2.39. The molecule has 0 radical (unpaired) electrons. The van der Waals surface area contributed by atoms with Gasteiger partial charge in [0.05, 0.1) is 5.52 Å². The van der Waals surface area contributed by atoms with Crippen molar-refractivity contribution in [3.05, 3.63) is 41.6 Å². The van der Waals surface area contributed by atoms with Crippen LogP contribution >= 0.6 is 0 Å². The lowest BCUT2D eigenvalue weighted by molar-refractivity contribution is 0.477. The van der Waals surface area contributed by atoms with Gasteiger partial charge >= 0.3 is 0 Å². The summed E-state index contributed by atoms with van der Waals surface area (Å²) < 4.78 is 0. The summed E-state index contributed by atoms with van der Waals surface area (Å²) in [7, 11) is 0. The molecular formula is C15H20N2. The Morgan fingerprint density at radius 2 is 1.94 bits per heavy atom. The van der Waals surface area contributed by atoms with Gasteiger partial charge < -0.3 is 5.73 Å². The van der Waals surface area contributed by atoms with Crippen LogP contribution in [0.4, 0.5) is 0 Å². The van der Waals surface area contributed by atoms with Gasteiger partial charge in [-0.3, -0.25) is 4.98 Å². The van der Waals surface area contributed by atoms with Crippen LogP contribution in [-0.4, -0.2) is 10.5 Å². The molecule has 0 amide bonds. The quantitative estimate of drug-likeness (QED) is 0.876.